The minimum absolute atomic E-state index is 0.0637. The van der Waals surface area contributed by atoms with E-state index in [0.717, 1.165) is 5.69 Å². The van der Waals surface area contributed by atoms with Crippen LogP contribution in [0.1, 0.15) is 0 Å². The van der Waals surface area contributed by atoms with E-state index >= 15 is 0 Å². The van der Waals surface area contributed by atoms with Gasteiger partial charge in [0.1, 0.15) is 6.54 Å². The first kappa shape index (κ1) is 17.9. The van der Waals surface area contributed by atoms with Crippen LogP contribution in [0.2, 0.25) is 15.1 Å². The van der Waals surface area contributed by atoms with Gasteiger partial charge in [0.25, 0.3) is 0 Å². The summed E-state index contributed by atoms with van der Waals surface area (Å²) in [5, 5.41) is 4.12. The zero-order valence-corrected chi connectivity index (χ0v) is 15.3. The molecule has 0 spiro atoms. The van der Waals surface area contributed by atoms with E-state index in [1.165, 1.54) is 4.90 Å². The van der Waals surface area contributed by atoms with Crippen LogP contribution < -0.4 is 10.2 Å². The summed E-state index contributed by atoms with van der Waals surface area (Å²) in [5.74, 6) is -0.338. The number of anilines is 2. The second-order valence-electron chi connectivity index (χ2n) is 5.50. The molecule has 0 radical (unpaired) electrons. The highest BCUT2D eigenvalue weighted by molar-refractivity contribution is 6.35. The highest BCUT2D eigenvalue weighted by Crippen LogP contribution is 2.26. The van der Waals surface area contributed by atoms with Crippen molar-refractivity contribution in [1.29, 1.82) is 0 Å². The average Bonchev–Trinajstić information content (AvgIpc) is 2.92. The Morgan fingerprint density at radius 2 is 1.68 bits per heavy atom. The fraction of sp³-hybridized carbons (Fsp3) is 0.176. The van der Waals surface area contributed by atoms with Crippen molar-refractivity contribution >= 4 is 58.1 Å². The van der Waals surface area contributed by atoms with Crippen LogP contribution in [-0.4, -0.2) is 36.5 Å². The number of nitrogens with zero attached hydrogens (tertiary/aromatic N) is 2. The Morgan fingerprint density at radius 3 is 2.40 bits per heavy atom. The summed E-state index contributed by atoms with van der Waals surface area (Å²) in [6.07, 6.45) is 0. The Hall–Kier alpha value is -1.95. The summed E-state index contributed by atoms with van der Waals surface area (Å²) < 4.78 is 0. The molecule has 0 aromatic heterocycles. The van der Waals surface area contributed by atoms with Crippen LogP contribution in [0.4, 0.5) is 16.2 Å². The second kappa shape index (κ2) is 7.52. The van der Waals surface area contributed by atoms with E-state index in [4.69, 9.17) is 34.8 Å². The predicted octanol–water partition coefficient (Wildman–Crippen LogP) is 4.53. The lowest BCUT2D eigenvalue weighted by molar-refractivity contribution is -0.116. The van der Waals surface area contributed by atoms with Gasteiger partial charge in [-0.25, -0.2) is 4.79 Å². The van der Waals surface area contributed by atoms with Crippen molar-refractivity contribution < 1.29 is 9.59 Å². The molecule has 8 heteroatoms. The molecule has 5 nitrogen and oxygen atoms in total. The molecule has 25 heavy (non-hydrogen) atoms. The molecular formula is C17H14Cl3N3O2. The average molecular weight is 399 g/mol. The zero-order valence-electron chi connectivity index (χ0n) is 13.0. The molecular weight excluding hydrogens is 385 g/mol. The van der Waals surface area contributed by atoms with Crippen molar-refractivity contribution in [3.8, 4) is 0 Å². The Bertz CT molecular complexity index is 811. The lowest BCUT2D eigenvalue weighted by Crippen LogP contribution is -2.37. The number of carbonyl (C=O) groups excluding carboxylic acids is 2. The summed E-state index contributed by atoms with van der Waals surface area (Å²) in [6, 6.07) is 11.6. The molecule has 0 bridgehead atoms. The van der Waals surface area contributed by atoms with Gasteiger partial charge in [-0.2, -0.15) is 0 Å². The summed E-state index contributed by atoms with van der Waals surface area (Å²) >= 11 is 17.8. The molecule has 2 aromatic carbocycles. The topological polar surface area (TPSA) is 52.7 Å². The van der Waals surface area contributed by atoms with Crippen molar-refractivity contribution in [2.75, 3.05) is 29.9 Å². The van der Waals surface area contributed by atoms with Crippen LogP contribution in [0, 0.1) is 0 Å². The highest BCUT2D eigenvalue weighted by Gasteiger charge is 2.30. The number of carbonyl (C=O) groups is 2. The highest BCUT2D eigenvalue weighted by atomic mass is 35.5. The lowest BCUT2D eigenvalue weighted by atomic mass is 10.3. The Kier molecular flexibility index (Phi) is 5.37. The first-order valence-electron chi connectivity index (χ1n) is 7.51. The summed E-state index contributed by atoms with van der Waals surface area (Å²) in [7, 11) is 0. The number of amides is 3. The quantitative estimate of drug-likeness (QED) is 0.823. The Morgan fingerprint density at radius 1 is 1.00 bits per heavy atom. The molecule has 0 unspecified atom stereocenters. The van der Waals surface area contributed by atoms with Crippen molar-refractivity contribution in [3.63, 3.8) is 0 Å². The van der Waals surface area contributed by atoms with E-state index in [1.807, 2.05) is 0 Å². The molecule has 3 rings (SSSR count). The SMILES string of the molecule is O=C(CN1CCN(c2ccc(Cl)cc2)C1=O)Nc1cc(Cl)ccc1Cl. The smallest absolute Gasteiger partial charge is 0.323 e. The summed E-state index contributed by atoms with van der Waals surface area (Å²) in [5.41, 5.74) is 1.16. The van der Waals surface area contributed by atoms with E-state index in [-0.39, 0.29) is 18.5 Å². The van der Waals surface area contributed by atoms with Gasteiger partial charge in [0.05, 0.1) is 10.7 Å². The van der Waals surface area contributed by atoms with E-state index in [9.17, 15) is 9.59 Å². The predicted molar refractivity (Wildman–Crippen MR) is 101 cm³/mol. The Labute approximate surface area is 160 Å². The third-order valence-electron chi connectivity index (χ3n) is 3.77. The van der Waals surface area contributed by atoms with Crippen molar-refractivity contribution in [1.82, 2.24) is 4.90 Å². The molecule has 1 aliphatic rings. The number of urea groups is 1. The van der Waals surface area contributed by atoms with Crippen LogP contribution in [0.25, 0.3) is 0 Å². The maximum Gasteiger partial charge on any atom is 0.325 e. The van der Waals surface area contributed by atoms with Crippen molar-refractivity contribution in [2.24, 2.45) is 0 Å². The molecule has 1 saturated heterocycles. The van der Waals surface area contributed by atoms with E-state index in [2.05, 4.69) is 5.32 Å². The van der Waals surface area contributed by atoms with Crippen LogP contribution >= 0.6 is 34.8 Å². The van der Waals surface area contributed by atoms with Gasteiger partial charge in [-0.05, 0) is 42.5 Å². The maximum absolute atomic E-state index is 12.5. The first-order chi connectivity index (χ1) is 11.9. The maximum atomic E-state index is 12.5. The van der Waals surface area contributed by atoms with Gasteiger partial charge in [0, 0.05) is 28.8 Å². The molecule has 130 valence electrons. The number of hydrogen-bond acceptors (Lipinski definition) is 2. The molecule has 1 N–H and O–H groups in total. The largest absolute Gasteiger partial charge is 0.325 e. The number of rotatable bonds is 4. The molecule has 3 amide bonds. The number of halogens is 3. The van der Waals surface area contributed by atoms with Crippen molar-refractivity contribution in [3.05, 3.63) is 57.5 Å². The molecule has 0 saturated carbocycles. The van der Waals surface area contributed by atoms with Crippen LogP contribution in [-0.2, 0) is 4.79 Å². The molecule has 2 aromatic rings. The fourth-order valence-corrected chi connectivity index (χ4v) is 3.01. The van der Waals surface area contributed by atoms with Crippen LogP contribution in [0.15, 0.2) is 42.5 Å². The molecule has 1 aliphatic heterocycles. The van der Waals surface area contributed by atoms with Gasteiger partial charge >= 0.3 is 6.03 Å². The third-order valence-corrected chi connectivity index (χ3v) is 4.59. The van der Waals surface area contributed by atoms with Gasteiger partial charge in [-0.15, -0.1) is 0 Å². The fourth-order valence-electron chi connectivity index (χ4n) is 2.55. The van der Waals surface area contributed by atoms with Crippen LogP contribution in [0.3, 0.4) is 0 Å². The lowest BCUT2D eigenvalue weighted by Gasteiger charge is -2.18. The monoisotopic (exact) mass is 397 g/mol. The standard InChI is InChI=1S/C17H14Cl3N3O2/c18-11-1-4-13(5-2-11)23-8-7-22(17(23)25)10-16(24)21-15-9-12(19)3-6-14(15)20/h1-6,9H,7-8,10H2,(H,21,24). The van der Waals surface area contributed by atoms with Gasteiger partial charge < -0.3 is 10.2 Å². The van der Waals surface area contributed by atoms with Gasteiger partial charge in [0.2, 0.25) is 5.91 Å². The van der Waals surface area contributed by atoms with E-state index < -0.39 is 0 Å². The number of hydrogen-bond donors (Lipinski definition) is 1. The second-order valence-corrected chi connectivity index (χ2v) is 6.78. The van der Waals surface area contributed by atoms with E-state index in [0.29, 0.717) is 33.8 Å². The van der Waals surface area contributed by atoms with Gasteiger partial charge in [-0.1, -0.05) is 34.8 Å². The molecule has 0 atom stereocenters. The Balaban J connectivity index is 1.63. The molecule has 0 aliphatic carbocycles. The zero-order chi connectivity index (χ0) is 18.0. The third kappa shape index (κ3) is 4.18. The summed E-state index contributed by atoms with van der Waals surface area (Å²) in [4.78, 5) is 27.8. The number of nitrogens with one attached hydrogen (secondary N) is 1. The summed E-state index contributed by atoms with van der Waals surface area (Å²) in [6.45, 7) is 0.898. The minimum atomic E-state index is -0.338. The molecule has 1 fully saturated rings. The van der Waals surface area contributed by atoms with E-state index in [1.54, 1.807) is 47.4 Å². The van der Waals surface area contributed by atoms with Gasteiger partial charge in [-0.3, -0.25) is 9.69 Å². The normalized spacial score (nSPS) is 14.1. The van der Waals surface area contributed by atoms with Gasteiger partial charge in [0.15, 0.2) is 0 Å². The van der Waals surface area contributed by atoms with Crippen LogP contribution in [0.5, 0.6) is 0 Å². The number of benzene rings is 2. The first-order valence-corrected chi connectivity index (χ1v) is 8.64. The molecule has 1 heterocycles. The van der Waals surface area contributed by atoms with Crippen molar-refractivity contribution in [2.45, 2.75) is 0 Å². The minimum Gasteiger partial charge on any atom is -0.323 e.